The number of hydrogen-bond donors (Lipinski definition) is 1. The Labute approximate surface area is 95.7 Å². The molecule has 1 rings (SSSR count). The van der Waals surface area contributed by atoms with Crippen molar-refractivity contribution in [1.82, 2.24) is 0 Å². The van der Waals surface area contributed by atoms with Crippen molar-refractivity contribution < 1.29 is 0 Å². The zero-order valence-corrected chi connectivity index (χ0v) is 9.97. The number of benzene rings is 1. The minimum atomic E-state index is 0.461. The highest BCUT2D eigenvalue weighted by Gasteiger charge is 2.01. The van der Waals surface area contributed by atoms with E-state index in [1.165, 1.54) is 0 Å². The summed E-state index contributed by atoms with van der Waals surface area (Å²) in [6, 6.07) is 10.1. The molecule has 0 aliphatic carbocycles. The van der Waals surface area contributed by atoms with Crippen molar-refractivity contribution in [3.63, 3.8) is 0 Å². The Hall–Kier alpha value is -1.14. The molecule has 0 spiro atoms. The van der Waals surface area contributed by atoms with Crippen molar-refractivity contribution >= 4 is 17.4 Å². The summed E-state index contributed by atoms with van der Waals surface area (Å²) < 4.78 is 0. The van der Waals surface area contributed by atoms with Crippen LogP contribution in [-0.4, -0.2) is 17.5 Å². The topological polar surface area (TPSA) is 35.8 Å². The summed E-state index contributed by atoms with van der Waals surface area (Å²) in [5.74, 6) is 2.26. The fourth-order valence-electron chi connectivity index (χ4n) is 1.26. The second-order valence-electron chi connectivity index (χ2n) is 3.39. The van der Waals surface area contributed by atoms with Crippen molar-refractivity contribution in [1.29, 1.82) is 5.26 Å². The lowest BCUT2D eigenvalue weighted by molar-refractivity contribution is 0.913. The van der Waals surface area contributed by atoms with Gasteiger partial charge in [-0.15, -0.1) is 0 Å². The van der Waals surface area contributed by atoms with Crippen LogP contribution in [0.4, 0.5) is 5.69 Å². The first-order valence-electron chi connectivity index (χ1n) is 5.10. The Morgan fingerprint density at radius 3 is 2.60 bits per heavy atom. The van der Waals surface area contributed by atoms with E-state index >= 15 is 0 Å². The first-order chi connectivity index (χ1) is 7.26. The number of nitriles is 1. The highest BCUT2D eigenvalue weighted by Crippen LogP contribution is 2.12. The molecule has 1 unspecified atom stereocenters. The molecule has 1 N–H and O–H groups in total. The molecule has 0 heterocycles. The Morgan fingerprint density at radius 2 is 2.07 bits per heavy atom. The minimum Gasteiger partial charge on any atom is -0.382 e. The Balaban J connectivity index is 2.47. The van der Waals surface area contributed by atoms with E-state index < -0.39 is 0 Å². The van der Waals surface area contributed by atoms with Crippen molar-refractivity contribution in [3.05, 3.63) is 29.8 Å². The largest absolute Gasteiger partial charge is 0.382 e. The van der Waals surface area contributed by atoms with Gasteiger partial charge in [-0.3, -0.25) is 0 Å². The van der Waals surface area contributed by atoms with Crippen molar-refractivity contribution in [2.24, 2.45) is 0 Å². The molecule has 0 aliphatic rings. The van der Waals surface area contributed by atoms with E-state index in [1.807, 2.05) is 36.0 Å². The van der Waals surface area contributed by atoms with Crippen LogP contribution in [-0.2, 0) is 0 Å². The first-order valence-corrected chi connectivity index (χ1v) is 6.26. The van der Waals surface area contributed by atoms with Crippen LogP contribution in [0.25, 0.3) is 0 Å². The standard InChI is InChI=1S/C12H16N2S/c1-3-15-9-10(2)14-12-6-4-11(8-13)5-7-12/h4-7,10,14H,3,9H2,1-2H3. The molecule has 0 saturated carbocycles. The molecule has 0 saturated heterocycles. The van der Waals surface area contributed by atoms with E-state index in [9.17, 15) is 0 Å². The molecule has 1 aromatic carbocycles. The predicted octanol–water partition coefficient (Wildman–Crippen LogP) is 3.11. The van der Waals surface area contributed by atoms with Crippen molar-refractivity contribution in [2.45, 2.75) is 19.9 Å². The molecule has 2 nitrogen and oxygen atoms in total. The lowest BCUT2D eigenvalue weighted by Gasteiger charge is -2.14. The van der Waals surface area contributed by atoms with Crippen LogP contribution < -0.4 is 5.32 Å². The highest BCUT2D eigenvalue weighted by atomic mass is 32.2. The van der Waals surface area contributed by atoms with Gasteiger partial charge in [-0.25, -0.2) is 0 Å². The smallest absolute Gasteiger partial charge is 0.0991 e. The van der Waals surface area contributed by atoms with Crippen LogP contribution in [0.1, 0.15) is 19.4 Å². The van der Waals surface area contributed by atoms with Crippen LogP contribution in [0.15, 0.2) is 24.3 Å². The average molecular weight is 220 g/mol. The number of rotatable bonds is 5. The van der Waals surface area contributed by atoms with Gasteiger partial charge in [0.1, 0.15) is 0 Å². The fraction of sp³-hybridized carbons (Fsp3) is 0.417. The molecule has 0 radical (unpaired) electrons. The van der Waals surface area contributed by atoms with Crippen molar-refractivity contribution in [3.8, 4) is 6.07 Å². The number of anilines is 1. The van der Waals surface area contributed by atoms with Gasteiger partial charge in [-0.2, -0.15) is 17.0 Å². The Bertz CT molecular complexity index is 326. The first kappa shape index (κ1) is 11.9. The molecule has 0 bridgehead atoms. The maximum absolute atomic E-state index is 8.65. The van der Waals surface area contributed by atoms with E-state index in [1.54, 1.807) is 0 Å². The van der Waals surface area contributed by atoms with E-state index in [2.05, 4.69) is 25.2 Å². The molecule has 80 valence electrons. The van der Waals surface area contributed by atoms with Gasteiger partial charge in [0.2, 0.25) is 0 Å². The average Bonchev–Trinajstić information content (AvgIpc) is 2.27. The molecular formula is C12H16N2S. The number of nitrogens with zero attached hydrogens (tertiary/aromatic N) is 1. The maximum Gasteiger partial charge on any atom is 0.0991 e. The SMILES string of the molecule is CCSCC(C)Nc1ccc(C#N)cc1. The second-order valence-corrected chi connectivity index (χ2v) is 4.71. The van der Waals surface area contributed by atoms with Gasteiger partial charge in [-0.1, -0.05) is 6.92 Å². The van der Waals surface area contributed by atoms with Crippen LogP contribution >= 0.6 is 11.8 Å². The number of hydrogen-bond acceptors (Lipinski definition) is 3. The molecule has 1 aromatic rings. The van der Waals surface area contributed by atoms with Crippen LogP contribution in [0.3, 0.4) is 0 Å². The molecule has 1 atom stereocenters. The van der Waals surface area contributed by atoms with E-state index in [4.69, 9.17) is 5.26 Å². The quantitative estimate of drug-likeness (QED) is 0.828. The third-order valence-corrected chi connectivity index (χ3v) is 3.14. The highest BCUT2D eigenvalue weighted by molar-refractivity contribution is 7.99. The summed E-state index contributed by atoms with van der Waals surface area (Å²) in [5.41, 5.74) is 1.79. The molecule has 0 fully saturated rings. The molecule has 0 amide bonds. The summed E-state index contributed by atoms with van der Waals surface area (Å²) in [6.07, 6.45) is 0. The molecular weight excluding hydrogens is 204 g/mol. The van der Waals surface area contributed by atoms with Gasteiger partial charge in [0.15, 0.2) is 0 Å². The van der Waals surface area contributed by atoms with Gasteiger partial charge in [0.25, 0.3) is 0 Å². The zero-order valence-electron chi connectivity index (χ0n) is 9.16. The summed E-state index contributed by atoms with van der Waals surface area (Å²) in [4.78, 5) is 0. The Kier molecular flexibility index (Phi) is 5.06. The molecule has 0 aliphatic heterocycles. The van der Waals surface area contributed by atoms with Crippen LogP contribution in [0.5, 0.6) is 0 Å². The number of nitrogens with one attached hydrogen (secondary N) is 1. The summed E-state index contributed by atoms with van der Waals surface area (Å²) in [7, 11) is 0. The normalized spacial score (nSPS) is 11.8. The lowest BCUT2D eigenvalue weighted by Crippen LogP contribution is -2.17. The van der Waals surface area contributed by atoms with Gasteiger partial charge >= 0.3 is 0 Å². The fourth-order valence-corrected chi connectivity index (χ4v) is 1.93. The third-order valence-electron chi connectivity index (χ3n) is 2.00. The third kappa shape index (κ3) is 4.26. The monoisotopic (exact) mass is 220 g/mol. The van der Waals surface area contributed by atoms with E-state index in [0.717, 1.165) is 17.2 Å². The zero-order chi connectivity index (χ0) is 11.1. The lowest BCUT2D eigenvalue weighted by atomic mass is 10.2. The molecule has 0 aromatic heterocycles. The predicted molar refractivity (Wildman–Crippen MR) is 67.2 cm³/mol. The van der Waals surface area contributed by atoms with E-state index in [0.29, 0.717) is 11.6 Å². The van der Waals surface area contributed by atoms with Gasteiger partial charge in [0, 0.05) is 17.5 Å². The number of thioether (sulfide) groups is 1. The Morgan fingerprint density at radius 1 is 1.40 bits per heavy atom. The van der Waals surface area contributed by atoms with Crippen LogP contribution in [0.2, 0.25) is 0 Å². The van der Waals surface area contributed by atoms with E-state index in [-0.39, 0.29) is 0 Å². The van der Waals surface area contributed by atoms with Crippen molar-refractivity contribution in [2.75, 3.05) is 16.8 Å². The molecule has 3 heteroatoms. The van der Waals surface area contributed by atoms with Gasteiger partial charge in [0.05, 0.1) is 11.6 Å². The summed E-state index contributed by atoms with van der Waals surface area (Å²) >= 11 is 1.93. The maximum atomic E-state index is 8.65. The summed E-state index contributed by atoms with van der Waals surface area (Å²) in [5, 5.41) is 12.1. The second kappa shape index (κ2) is 6.36. The van der Waals surface area contributed by atoms with Crippen LogP contribution in [0, 0.1) is 11.3 Å². The van der Waals surface area contributed by atoms with Gasteiger partial charge in [-0.05, 0) is 36.9 Å². The van der Waals surface area contributed by atoms with Gasteiger partial charge < -0.3 is 5.32 Å². The minimum absolute atomic E-state index is 0.461. The summed E-state index contributed by atoms with van der Waals surface area (Å²) in [6.45, 7) is 4.33. The molecule has 15 heavy (non-hydrogen) atoms.